The van der Waals surface area contributed by atoms with Gasteiger partial charge in [-0.2, -0.15) is 0 Å². The Bertz CT molecular complexity index is 470. The summed E-state index contributed by atoms with van der Waals surface area (Å²) in [5.74, 6) is 0. The molecule has 0 radical (unpaired) electrons. The van der Waals surface area contributed by atoms with Gasteiger partial charge in [-0.1, -0.05) is 34.7 Å². The molecule has 0 saturated carbocycles. The summed E-state index contributed by atoms with van der Waals surface area (Å²) in [5.41, 5.74) is 2.40. The van der Waals surface area contributed by atoms with Crippen LogP contribution in [0.15, 0.2) is 36.5 Å². The lowest BCUT2D eigenvalue weighted by Crippen LogP contribution is -2.14. The molecular weight excluding hydrogens is 323 g/mol. The van der Waals surface area contributed by atoms with E-state index in [0.29, 0.717) is 0 Å². The molecule has 0 bridgehead atoms. The molecule has 1 aromatic heterocycles. The first-order chi connectivity index (χ1) is 8.40. The fraction of sp³-hybridized carbons (Fsp3) is 0.357. The maximum Gasteiger partial charge on any atom is 0.0702 e. The van der Waals surface area contributed by atoms with E-state index in [4.69, 9.17) is 0 Å². The van der Waals surface area contributed by atoms with Crippen molar-refractivity contribution in [2.75, 3.05) is 11.0 Å². The summed E-state index contributed by atoms with van der Waals surface area (Å²) in [5, 5.41) is 4.70. The van der Waals surface area contributed by atoms with Gasteiger partial charge in [-0.25, -0.2) is 0 Å². The second-order valence-corrected chi connectivity index (χ2v) is 5.18. The number of benzene rings is 1. The van der Waals surface area contributed by atoms with E-state index in [2.05, 4.69) is 57.2 Å². The Kier molecular flexibility index (Phi) is 5.19. The quantitative estimate of drug-likeness (QED) is 0.494. The minimum absolute atomic E-state index is 0.950. The number of nitrogens with one attached hydrogen (secondary N) is 1. The van der Waals surface area contributed by atoms with Gasteiger partial charge in [0.25, 0.3) is 0 Å². The van der Waals surface area contributed by atoms with Gasteiger partial charge in [0, 0.05) is 18.1 Å². The first-order valence-electron chi connectivity index (χ1n) is 6.00. The zero-order valence-corrected chi connectivity index (χ0v) is 12.0. The average molecular weight is 340 g/mol. The van der Waals surface area contributed by atoms with Crippen molar-refractivity contribution in [1.82, 2.24) is 10.3 Å². The molecule has 0 unspecified atom stereocenters. The molecule has 17 heavy (non-hydrogen) atoms. The topological polar surface area (TPSA) is 24.9 Å². The van der Waals surface area contributed by atoms with Crippen molar-refractivity contribution in [2.45, 2.75) is 19.4 Å². The molecule has 0 spiro atoms. The monoisotopic (exact) mass is 340 g/mol. The Hall–Kier alpha value is -0.680. The maximum atomic E-state index is 4.32. The highest BCUT2D eigenvalue weighted by molar-refractivity contribution is 14.1. The van der Waals surface area contributed by atoms with Crippen molar-refractivity contribution in [3.8, 4) is 0 Å². The first-order valence-corrected chi connectivity index (χ1v) is 7.53. The average Bonchev–Trinajstić information content (AvgIpc) is 2.38. The Morgan fingerprint density at radius 2 is 2.12 bits per heavy atom. The molecule has 0 saturated heterocycles. The van der Waals surface area contributed by atoms with Crippen LogP contribution in [0.5, 0.6) is 0 Å². The number of aromatic nitrogens is 1. The van der Waals surface area contributed by atoms with E-state index in [1.54, 1.807) is 0 Å². The molecule has 0 fully saturated rings. The van der Waals surface area contributed by atoms with Crippen LogP contribution in [-0.2, 0) is 6.54 Å². The third-order valence-corrected chi connectivity index (χ3v) is 3.50. The second kappa shape index (κ2) is 6.91. The zero-order valence-electron chi connectivity index (χ0n) is 9.82. The molecule has 3 heteroatoms. The van der Waals surface area contributed by atoms with Gasteiger partial charge in [-0.3, -0.25) is 4.98 Å². The third kappa shape index (κ3) is 3.92. The first kappa shape index (κ1) is 12.8. The Balaban J connectivity index is 1.90. The van der Waals surface area contributed by atoms with Crippen molar-refractivity contribution in [2.24, 2.45) is 0 Å². The highest BCUT2D eigenvalue weighted by Gasteiger charge is 1.96. The fourth-order valence-corrected chi connectivity index (χ4v) is 2.35. The van der Waals surface area contributed by atoms with E-state index in [9.17, 15) is 0 Å². The van der Waals surface area contributed by atoms with Crippen LogP contribution in [0.3, 0.4) is 0 Å². The third-order valence-electron chi connectivity index (χ3n) is 2.73. The van der Waals surface area contributed by atoms with Crippen molar-refractivity contribution in [3.63, 3.8) is 0 Å². The van der Waals surface area contributed by atoms with Crippen LogP contribution < -0.4 is 5.32 Å². The number of pyridine rings is 1. The van der Waals surface area contributed by atoms with Crippen molar-refractivity contribution < 1.29 is 0 Å². The molecule has 2 rings (SSSR count). The lowest BCUT2D eigenvalue weighted by molar-refractivity contribution is 0.646. The minimum Gasteiger partial charge on any atom is -0.313 e. The molecule has 0 aliphatic heterocycles. The minimum atomic E-state index is 0.950. The molecule has 1 heterocycles. The lowest BCUT2D eigenvalue weighted by Gasteiger charge is -2.05. The van der Waals surface area contributed by atoms with Crippen LogP contribution >= 0.6 is 22.6 Å². The van der Waals surface area contributed by atoms with Gasteiger partial charge in [-0.05, 0) is 47.6 Å². The van der Waals surface area contributed by atoms with E-state index in [1.165, 1.54) is 28.2 Å². The molecule has 90 valence electrons. The molecule has 1 N–H and O–H groups in total. The number of alkyl halides is 1. The van der Waals surface area contributed by atoms with Crippen LogP contribution in [0.4, 0.5) is 0 Å². The van der Waals surface area contributed by atoms with Crippen molar-refractivity contribution in [1.29, 1.82) is 0 Å². The Morgan fingerprint density at radius 3 is 3.00 bits per heavy atom. The number of rotatable bonds is 6. The van der Waals surface area contributed by atoms with Crippen molar-refractivity contribution >= 4 is 33.5 Å². The smallest absolute Gasteiger partial charge is 0.0702 e. The largest absolute Gasteiger partial charge is 0.313 e. The fourth-order valence-electron chi connectivity index (χ4n) is 1.81. The lowest BCUT2D eigenvalue weighted by atomic mass is 10.1. The van der Waals surface area contributed by atoms with Crippen molar-refractivity contribution in [3.05, 3.63) is 42.1 Å². The Morgan fingerprint density at radius 1 is 1.18 bits per heavy atom. The SMILES string of the molecule is ICCCCNCc1ccc2ncccc2c1. The van der Waals surface area contributed by atoms with Crippen LogP contribution in [0.25, 0.3) is 10.9 Å². The van der Waals surface area contributed by atoms with E-state index in [-0.39, 0.29) is 0 Å². The molecule has 0 aliphatic rings. The molecule has 1 aromatic carbocycles. The summed E-state index contributed by atoms with van der Waals surface area (Å²) in [6.45, 7) is 2.06. The van der Waals surface area contributed by atoms with Gasteiger partial charge in [-0.15, -0.1) is 0 Å². The van der Waals surface area contributed by atoms with Crippen LogP contribution in [-0.4, -0.2) is 16.0 Å². The summed E-state index contributed by atoms with van der Waals surface area (Å²) < 4.78 is 1.25. The maximum absolute atomic E-state index is 4.32. The highest BCUT2D eigenvalue weighted by atomic mass is 127. The summed E-state index contributed by atoms with van der Waals surface area (Å²) in [7, 11) is 0. The standard InChI is InChI=1S/C14H17IN2/c15-7-1-2-8-16-11-12-5-6-14-13(10-12)4-3-9-17-14/h3-6,9-10,16H,1-2,7-8,11H2. The van der Waals surface area contributed by atoms with Crippen LogP contribution in [0.2, 0.25) is 0 Å². The summed E-state index contributed by atoms with van der Waals surface area (Å²) >= 11 is 2.43. The summed E-state index contributed by atoms with van der Waals surface area (Å²) in [6, 6.07) is 10.6. The molecule has 0 amide bonds. The van der Waals surface area contributed by atoms with E-state index < -0.39 is 0 Å². The Labute approximate surface area is 116 Å². The number of hydrogen-bond donors (Lipinski definition) is 1. The molecular formula is C14H17IN2. The molecule has 0 atom stereocenters. The second-order valence-electron chi connectivity index (χ2n) is 4.10. The number of halogens is 1. The normalized spacial score (nSPS) is 10.9. The predicted octanol–water partition coefficient (Wildman–Crippen LogP) is 3.54. The molecule has 2 aromatic rings. The van der Waals surface area contributed by atoms with Crippen LogP contribution in [0.1, 0.15) is 18.4 Å². The molecule has 0 aliphatic carbocycles. The number of fused-ring (bicyclic) bond motifs is 1. The van der Waals surface area contributed by atoms with Gasteiger partial charge < -0.3 is 5.32 Å². The summed E-state index contributed by atoms with van der Waals surface area (Å²) in [4.78, 5) is 4.32. The van der Waals surface area contributed by atoms with Gasteiger partial charge in [0.1, 0.15) is 0 Å². The number of unbranched alkanes of at least 4 members (excludes halogenated alkanes) is 1. The van der Waals surface area contributed by atoms with Gasteiger partial charge in [0.2, 0.25) is 0 Å². The van der Waals surface area contributed by atoms with E-state index in [1.807, 2.05) is 12.3 Å². The predicted molar refractivity (Wildman–Crippen MR) is 81.6 cm³/mol. The van der Waals surface area contributed by atoms with Gasteiger partial charge in [0.05, 0.1) is 5.52 Å². The van der Waals surface area contributed by atoms with Crippen LogP contribution in [0, 0.1) is 0 Å². The zero-order chi connectivity index (χ0) is 11.9. The number of nitrogens with zero attached hydrogens (tertiary/aromatic N) is 1. The molecule has 2 nitrogen and oxygen atoms in total. The highest BCUT2D eigenvalue weighted by Crippen LogP contribution is 2.13. The van der Waals surface area contributed by atoms with E-state index >= 15 is 0 Å². The van der Waals surface area contributed by atoms with Gasteiger partial charge in [0.15, 0.2) is 0 Å². The number of hydrogen-bond acceptors (Lipinski definition) is 2. The summed E-state index contributed by atoms with van der Waals surface area (Å²) in [6.07, 6.45) is 4.40. The van der Waals surface area contributed by atoms with Gasteiger partial charge >= 0.3 is 0 Å². The van der Waals surface area contributed by atoms with E-state index in [0.717, 1.165) is 18.6 Å².